The summed E-state index contributed by atoms with van der Waals surface area (Å²) in [7, 11) is -3.24. The number of anilines is 1. The Labute approximate surface area is 156 Å². The Hall–Kier alpha value is -1.92. The quantitative estimate of drug-likeness (QED) is 0.715. The third-order valence-corrected chi connectivity index (χ3v) is 6.58. The van der Waals surface area contributed by atoms with E-state index < -0.39 is 15.3 Å². The van der Waals surface area contributed by atoms with Gasteiger partial charge >= 0.3 is 0 Å². The second-order valence-corrected chi connectivity index (χ2v) is 9.52. The average molecular weight is 377 g/mol. The minimum atomic E-state index is -3.24. The maximum atomic E-state index is 11.9. The van der Waals surface area contributed by atoms with Gasteiger partial charge in [0.05, 0.1) is 11.7 Å². The van der Waals surface area contributed by atoms with Crippen LogP contribution in [-0.4, -0.2) is 26.1 Å². The van der Waals surface area contributed by atoms with Crippen molar-refractivity contribution in [3.05, 3.63) is 47.1 Å². The van der Waals surface area contributed by atoms with Gasteiger partial charge in [0, 0.05) is 12.2 Å². The van der Waals surface area contributed by atoms with Gasteiger partial charge in [-0.2, -0.15) is 0 Å². The largest absolute Gasteiger partial charge is 0.326 e. The first-order valence-corrected chi connectivity index (χ1v) is 10.4. The molecule has 0 spiro atoms. The maximum absolute atomic E-state index is 11.9. The molecular weight excluding hydrogens is 348 g/mol. The summed E-state index contributed by atoms with van der Waals surface area (Å²) in [5, 5.41) is 2.41. The Morgan fingerprint density at radius 3 is 2.58 bits per heavy atom. The zero-order chi connectivity index (χ0) is 19.5. The van der Waals surface area contributed by atoms with E-state index in [9.17, 15) is 13.2 Å². The van der Waals surface area contributed by atoms with E-state index in [-0.39, 0.29) is 11.8 Å². The molecule has 26 heavy (non-hydrogen) atoms. The number of hydrogen-bond donors (Lipinski definition) is 2. The Morgan fingerprint density at radius 2 is 1.92 bits per heavy atom. The van der Waals surface area contributed by atoms with Gasteiger partial charge in [-0.1, -0.05) is 30.7 Å². The van der Waals surface area contributed by atoms with Crippen LogP contribution in [0.3, 0.4) is 0 Å². The monoisotopic (exact) mass is 376 g/mol. The molecule has 0 unspecified atom stereocenters. The maximum Gasteiger partial charge on any atom is 0.228 e. The lowest BCUT2D eigenvalue weighted by atomic mass is 9.99. The van der Waals surface area contributed by atoms with Gasteiger partial charge < -0.3 is 5.32 Å². The van der Waals surface area contributed by atoms with Crippen molar-refractivity contribution in [3.8, 4) is 0 Å². The van der Waals surface area contributed by atoms with E-state index in [2.05, 4.69) is 10.0 Å². The molecule has 1 heterocycles. The van der Waals surface area contributed by atoms with E-state index in [1.54, 1.807) is 13.8 Å². The number of rotatable bonds is 7. The number of benzene rings is 1. The summed E-state index contributed by atoms with van der Waals surface area (Å²) in [6.07, 6.45) is 4.49. The molecule has 6 heteroatoms. The topological polar surface area (TPSA) is 75.3 Å². The van der Waals surface area contributed by atoms with E-state index in [1.165, 1.54) is 0 Å². The highest BCUT2D eigenvalue weighted by Gasteiger charge is 2.18. The van der Waals surface area contributed by atoms with Crippen LogP contribution in [0.1, 0.15) is 45.7 Å². The van der Waals surface area contributed by atoms with Gasteiger partial charge in [-0.15, -0.1) is 0 Å². The fourth-order valence-electron chi connectivity index (χ4n) is 2.56. The summed E-state index contributed by atoms with van der Waals surface area (Å²) in [6, 6.07) is 5.98. The second kappa shape index (κ2) is 8.18. The molecule has 1 aliphatic rings. The number of carbonyl (C=O) groups excluding carboxylic acids is 1. The summed E-state index contributed by atoms with van der Waals surface area (Å²) in [6.45, 7) is 9.77. The molecule has 142 valence electrons. The van der Waals surface area contributed by atoms with Crippen molar-refractivity contribution in [1.29, 1.82) is 0 Å². The van der Waals surface area contributed by atoms with Crippen molar-refractivity contribution in [1.82, 2.24) is 4.72 Å². The molecular formula is C20H28N2O3S. The molecule has 1 atom stereocenters. The minimum Gasteiger partial charge on any atom is -0.326 e. The van der Waals surface area contributed by atoms with Gasteiger partial charge in [0.15, 0.2) is 0 Å². The average Bonchev–Trinajstić information content (AvgIpc) is 2.96. The number of nitrogens with one attached hydrogen (secondary N) is 2. The molecule has 2 N–H and O–H groups in total. The van der Waals surface area contributed by atoms with Crippen LogP contribution in [0, 0.1) is 5.92 Å². The van der Waals surface area contributed by atoms with E-state index in [4.69, 9.17) is 0 Å². The minimum absolute atomic E-state index is 0.0344. The van der Waals surface area contributed by atoms with Crippen molar-refractivity contribution >= 4 is 27.2 Å². The Kier molecular flexibility index (Phi) is 6.42. The molecule has 0 aliphatic carbocycles. The molecule has 5 nitrogen and oxygen atoms in total. The van der Waals surface area contributed by atoms with Gasteiger partial charge in [-0.3, -0.25) is 4.79 Å². The van der Waals surface area contributed by atoms with E-state index in [0.717, 1.165) is 28.0 Å². The van der Waals surface area contributed by atoms with Crippen molar-refractivity contribution < 1.29 is 13.2 Å². The van der Waals surface area contributed by atoms with E-state index >= 15 is 0 Å². The second-order valence-electron chi connectivity index (χ2n) is 7.20. The van der Waals surface area contributed by atoms with Crippen LogP contribution in [0.2, 0.25) is 0 Å². The molecule has 1 aromatic rings. The summed E-state index contributed by atoms with van der Waals surface area (Å²) in [5.74, 6) is 0.140. The summed E-state index contributed by atoms with van der Waals surface area (Å²) < 4.78 is 26.4. The smallest absolute Gasteiger partial charge is 0.228 e. The summed E-state index contributed by atoms with van der Waals surface area (Å²) in [4.78, 5) is 11.5. The summed E-state index contributed by atoms with van der Waals surface area (Å²) in [5.41, 5.74) is 5.20. The van der Waals surface area contributed by atoms with Crippen LogP contribution in [0.15, 0.2) is 35.9 Å². The van der Waals surface area contributed by atoms with Crippen LogP contribution < -0.4 is 10.0 Å². The number of fused-ring (bicyclic) bond motifs is 1. The molecule has 1 amide bonds. The van der Waals surface area contributed by atoms with Gasteiger partial charge in [0.25, 0.3) is 0 Å². The molecule has 0 fully saturated rings. The zero-order valence-electron chi connectivity index (χ0n) is 16.1. The lowest BCUT2D eigenvalue weighted by molar-refractivity contribution is -0.115. The normalized spacial score (nSPS) is 16.6. The van der Waals surface area contributed by atoms with E-state index in [1.807, 2.05) is 51.1 Å². The highest BCUT2D eigenvalue weighted by atomic mass is 32.2. The first kappa shape index (κ1) is 20.4. The molecule has 0 saturated heterocycles. The Morgan fingerprint density at radius 1 is 1.23 bits per heavy atom. The molecule has 0 saturated carbocycles. The molecule has 0 bridgehead atoms. The molecule has 1 aliphatic heterocycles. The van der Waals surface area contributed by atoms with Gasteiger partial charge in [-0.05, 0) is 62.4 Å². The van der Waals surface area contributed by atoms with Crippen LogP contribution >= 0.6 is 0 Å². The van der Waals surface area contributed by atoms with Crippen molar-refractivity contribution in [3.63, 3.8) is 0 Å². The van der Waals surface area contributed by atoms with Gasteiger partial charge in [0.1, 0.15) is 0 Å². The third kappa shape index (κ3) is 5.05. The Bertz CT molecular complexity index is 852. The first-order valence-electron chi connectivity index (χ1n) is 8.87. The van der Waals surface area contributed by atoms with Gasteiger partial charge in [0.2, 0.25) is 15.9 Å². The Balaban J connectivity index is 2.04. The zero-order valence-corrected chi connectivity index (χ0v) is 16.9. The standard InChI is InChI=1S/C20H28N2O3S/c1-13(2)26(24,25)21-12-16(5)14(3)6-7-15(4)17-8-9-19-18(10-17)11-20(23)22-19/h6-10,13,16,21H,11-12H2,1-5H3,(H,22,23)/b14-6+,15-7+/t16-/m0/s1. The first-order chi connectivity index (χ1) is 12.1. The molecule has 2 rings (SSSR count). The lowest BCUT2D eigenvalue weighted by Gasteiger charge is -2.15. The van der Waals surface area contributed by atoms with Crippen LogP contribution in [-0.2, 0) is 21.2 Å². The predicted molar refractivity (Wildman–Crippen MR) is 107 cm³/mol. The number of amides is 1. The van der Waals surface area contributed by atoms with Crippen molar-refractivity contribution in [2.75, 3.05) is 11.9 Å². The molecule has 1 aromatic carbocycles. The number of carbonyl (C=O) groups is 1. The molecule has 0 radical (unpaired) electrons. The van der Waals surface area contributed by atoms with Crippen molar-refractivity contribution in [2.45, 2.75) is 46.3 Å². The SMILES string of the molecule is C/C(=C\C=C(/C)[C@@H](C)CNS(=O)(=O)C(C)C)c1ccc2c(c1)CC(=O)N2. The van der Waals surface area contributed by atoms with Crippen LogP contribution in [0.5, 0.6) is 0 Å². The van der Waals surface area contributed by atoms with Crippen LogP contribution in [0.4, 0.5) is 5.69 Å². The summed E-state index contributed by atoms with van der Waals surface area (Å²) >= 11 is 0. The third-order valence-electron chi connectivity index (χ3n) is 4.77. The highest BCUT2D eigenvalue weighted by Crippen LogP contribution is 2.27. The van der Waals surface area contributed by atoms with Crippen LogP contribution in [0.25, 0.3) is 5.57 Å². The highest BCUT2D eigenvalue weighted by molar-refractivity contribution is 7.90. The van der Waals surface area contributed by atoms with Gasteiger partial charge in [-0.25, -0.2) is 13.1 Å². The fraction of sp³-hybridized carbons (Fsp3) is 0.450. The number of hydrogen-bond acceptors (Lipinski definition) is 3. The van der Waals surface area contributed by atoms with Crippen molar-refractivity contribution in [2.24, 2.45) is 5.92 Å². The predicted octanol–water partition coefficient (Wildman–Crippen LogP) is 3.49. The molecule has 0 aromatic heterocycles. The van der Waals surface area contributed by atoms with E-state index in [0.29, 0.717) is 13.0 Å². The lowest BCUT2D eigenvalue weighted by Crippen LogP contribution is -2.34. The number of sulfonamides is 1. The number of allylic oxidation sites excluding steroid dienone is 3. The fourth-order valence-corrected chi connectivity index (χ4v) is 3.38.